The van der Waals surface area contributed by atoms with E-state index < -0.39 is 6.10 Å². The van der Waals surface area contributed by atoms with Gasteiger partial charge in [-0.2, -0.15) is 0 Å². The number of urea groups is 1. The summed E-state index contributed by atoms with van der Waals surface area (Å²) in [5.74, 6) is 0.607. The summed E-state index contributed by atoms with van der Waals surface area (Å²) >= 11 is 0. The monoisotopic (exact) mass is 302 g/mol. The number of rotatable bonds is 5. The lowest BCUT2D eigenvalue weighted by molar-refractivity contribution is 0.160. The van der Waals surface area contributed by atoms with Crippen molar-refractivity contribution < 1.29 is 9.90 Å². The summed E-state index contributed by atoms with van der Waals surface area (Å²) in [4.78, 5) is 12.1. The maximum absolute atomic E-state index is 12.1. The molecule has 0 heterocycles. The van der Waals surface area contributed by atoms with Gasteiger partial charge in [-0.25, -0.2) is 4.79 Å². The molecule has 22 heavy (non-hydrogen) atoms. The van der Waals surface area contributed by atoms with E-state index in [9.17, 15) is 9.90 Å². The molecule has 2 aliphatic rings. The van der Waals surface area contributed by atoms with E-state index in [1.54, 1.807) is 0 Å². The number of aryl methyl sites for hydroxylation is 1. The van der Waals surface area contributed by atoms with Gasteiger partial charge in [0.1, 0.15) is 0 Å². The van der Waals surface area contributed by atoms with Crippen molar-refractivity contribution in [2.75, 3.05) is 6.54 Å². The number of carbonyl (C=O) groups is 1. The van der Waals surface area contributed by atoms with E-state index in [0.717, 1.165) is 19.3 Å². The zero-order valence-corrected chi connectivity index (χ0v) is 13.3. The first-order valence-electron chi connectivity index (χ1n) is 8.53. The molecule has 0 saturated carbocycles. The van der Waals surface area contributed by atoms with Crippen LogP contribution in [0, 0.1) is 0 Å². The summed E-state index contributed by atoms with van der Waals surface area (Å²) in [5.41, 5.74) is 4.26. The third kappa shape index (κ3) is 3.12. The molecule has 1 aromatic rings. The Bertz CT molecular complexity index is 544. The van der Waals surface area contributed by atoms with Crippen molar-refractivity contribution in [2.45, 2.75) is 63.5 Å². The number of carbonyl (C=O) groups excluding carboxylic acids is 1. The van der Waals surface area contributed by atoms with Gasteiger partial charge in [-0.15, -0.1) is 0 Å². The third-order valence-corrected chi connectivity index (χ3v) is 4.96. The predicted octanol–water partition coefficient (Wildman–Crippen LogP) is 3.01. The van der Waals surface area contributed by atoms with Crippen LogP contribution in [0.25, 0.3) is 0 Å². The highest BCUT2D eigenvalue weighted by atomic mass is 16.3. The van der Waals surface area contributed by atoms with Gasteiger partial charge in [0.05, 0.1) is 12.1 Å². The van der Waals surface area contributed by atoms with Gasteiger partial charge in [0.25, 0.3) is 0 Å². The van der Waals surface area contributed by atoms with E-state index in [-0.39, 0.29) is 12.1 Å². The molecule has 3 rings (SSSR count). The minimum absolute atomic E-state index is 0.112. The Morgan fingerprint density at radius 2 is 2.32 bits per heavy atom. The SMILES string of the molecule is CCCC(O)CNC(=O)NC1CC2CCCc3cccc1c32. The molecule has 0 spiro atoms. The maximum atomic E-state index is 12.1. The van der Waals surface area contributed by atoms with Crippen molar-refractivity contribution in [3.63, 3.8) is 0 Å². The average molecular weight is 302 g/mol. The Hall–Kier alpha value is -1.55. The third-order valence-electron chi connectivity index (χ3n) is 4.96. The molecule has 0 radical (unpaired) electrons. The van der Waals surface area contributed by atoms with Crippen LogP contribution in [0.15, 0.2) is 18.2 Å². The Balaban J connectivity index is 1.61. The number of nitrogens with one attached hydrogen (secondary N) is 2. The summed E-state index contributed by atoms with van der Waals surface area (Å²) in [7, 11) is 0. The number of aliphatic hydroxyl groups excluding tert-OH is 1. The summed E-state index contributed by atoms with van der Waals surface area (Å²) in [6.45, 7) is 2.35. The minimum atomic E-state index is -0.451. The highest BCUT2D eigenvalue weighted by Gasteiger charge is 2.35. The van der Waals surface area contributed by atoms with Crippen LogP contribution in [0.1, 0.15) is 67.7 Å². The van der Waals surface area contributed by atoms with Gasteiger partial charge in [0.2, 0.25) is 0 Å². The second-order valence-electron chi connectivity index (χ2n) is 6.59. The fraction of sp³-hybridized carbons (Fsp3) is 0.611. The van der Waals surface area contributed by atoms with Crippen LogP contribution >= 0.6 is 0 Å². The average Bonchev–Trinajstić information content (AvgIpc) is 2.86. The fourth-order valence-electron chi connectivity index (χ4n) is 3.97. The van der Waals surface area contributed by atoms with Crippen molar-refractivity contribution in [2.24, 2.45) is 0 Å². The van der Waals surface area contributed by atoms with Crippen LogP contribution in [0.2, 0.25) is 0 Å². The van der Waals surface area contributed by atoms with Crippen LogP contribution in [0.5, 0.6) is 0 Å². The standard InChI is InChI=1S/C18H26N2O2/c1-2-5-14(21)11-19-18(22)20-16-10-13-8-3-6-12-7-4-9-15(16)17(12)13/h4,7,9,13-14,16,21H,2-3,5-6,8,10-11H2,1H3,(H2,19,20,22). The lowest BCUT2D eigenvalue weighted by atomic mass is 9.84. The van der Waals surface area contributed by atoms with E-state index in [4.69, 9.17) is 0 Å². The Morgan fingerprint density at radius 3 is 3.14 bits per heavy atom. The van der Waals surface area contributed by atoms with Crippen molar-refractivity contribution in [3.8, 4) is 0 Å². The molecular weight excluding hydrogens is 276 g/mol. The highest BCUT2D eigenvalue weighted by molar-refractivity contribution is 5.74. The molecule has 0 aromatic heterocycles. The lowest BCUT2D eigenvalue weighted by Crippen LogP contribution is -2.41. The lowest BCUT2D eigenvalue weighted by Gasteiger charge is -2.20. The van der Waals surface area contributed by atoms with Crippen molar-refractivity contribution in [3.05, 3.63) is 34.9 Å². The van der Waals surface area contributed by atoms with E-state index in [1.807, 2.05) is 6.92 Å². The first-order valence-corrected chi connectivity index (χ1v) is 8.53. The maximum Gasteiger partial charge on any atom is 0.315 e. The van der Waals surface area contributed by atoms with Gasteiger partial charge in [0, 0.05) is 6.54 Å². The summed E-state index contributed by atoms with van der Waals surface area (Å²) in [5, 5.41) is 15.6. The van der Waals surface area contributed by atoms with Gasteiger partial charge in [-0.3, -0.25) is 0 Å². The van der Waals surface area contributed by atoms with E-state index in [2.05, 4.69) is 28.8 Å². The Kier molecular flexibility index (Phi) is 4.67. The van der Waals surface area contributed by atoms with Crippen LogP contribution in [0.4, 0.5) is 4.79 Å². The smallest absolute Gasteiger partial charge is 0.315 e. The van der Waals surface area contributed by atoms with Crippen molar-refractivity contribution in [1.29, 1.82) is 0 Å². The van der Waals surface area contributed by atoms with Crippen LogP contribution in [0.3, 0.4) is 0 Å². The molecule has 0 saturated heterocycles. The second kappa shape index (κ2) is 6.69. The topological polar surface area (TPSA) is 61.4 Å². The van der Waals surface area contributed by atoms with Crippen LogP contribution in [-0.4, -0.2) is 23.8 Å². The molecule has 3 N–H and O–H groups in total. The normalized spacial score (nSPS) is 23.7. The molecule has 4 heteroatoms. The number of hydrogen-bond acceptors (Lipinski definition) is 2. The van der Waals surface area contributed by atoms with E-state index in [1.165, 1.54) is 36.0 Å². The van der Waals surface area contributed by atoms with E-state index >= 15 is 0 Å². The van der Waals surface area contributed by atoms with Crippen LogP contribution in [-0.2, 0) is 6.42 Å². The summed E-state index contributed by atoms with van der Waals surface area (Å²) < 4.78 is 0. The number of amides is 2. The van der Waals surface area contributed by atoms with Gasteiger partial charge in [0.15, 0.2) is 0 Å². The van der Waals surface area contributed by atoms with E-state index in [0.29, 0.717) is 12.5 Å². The van der Waals surface area contributed by atoms with Gasteiger partial charge < -0.3 is 15.7 Å². The summed E-state index contributed by atoms with van der Waals surface area (Å²) in [6, 6.07) is 6.44. The molecule has 4 nitrogen and oxygen atoms in total. The molecule has 0 aliphatic heterocycles. The quantitative estimate of drug-likeness (QED) is 0.783. The second-order valence-corrected chi connectivity index (χ2v) is 6.59. The molecule has 0 bridgehead atoms. The first-order chi connectivity index (χ1) is 10.7. The van der Waals surface area contributed by atoms with Gasteiger partial charge in [-0.05, 0) is 54.7 Å². The molecule has 2 aliphatic carbocycles. The fourth-order valence-corrected chi connectivity index (χ4v) is 3.97. The largest absolute Gasteiger partial charge is 0.391 e. The number of hydrogen-bond donors (Lipinski definition) is 3. The molecule has 0 fully saturated rings. The first kappa shape index (κ1) is 15.3. The molecule has 120 valence electrons. The Labute approximate surface area is 132 Å². The van der Waals surface area contributed by atoms with Crippen LogP contribution < -0.4 is 10.6 Å². The molecule has 2 amide bonds. The molecule has 3 unspecified atom stereocenters. The minimum Gasteiger partial charge on any atom is -0.391 e. The highest BCUT2D eigenvalue weighted by Crippen LogP contribution is 2.47. The molecule has 3 atom stereocenters. The molecule has 1 aromatic carbocycles. The predicted molar refractivity (Wildman–Crippen MR) is 86.9 cm³/mol. The zero-order chi connectivity index (χ0) is 15.5. The van der Waals surface area contributed by atoms with Gasteiger partial charge >= 0.3 is 6.03 Å². The number of aliphatic hydroxyl groups is 1. The van der Waals surface area contributed by atoms with Crippen molar-refractivity contribution in [1.82, 2.24) is 10.6 Å². The summed E-state index contributed by atoms with van der Waals surface area (Å²) in [6.07, 6.45) is 5.86. The zero-order valence-electron chi connectivity index (χ0n) is 13.3. The molecular formula is C18H26N2O2. The van der Waals surface area contributed by atoms with Crippen molar-refractivity contribution >= 4 is 6.03 Å². The Morgan fingerprint density at radius 1 is 1.45 bits per heavy atom. The number of benzene rings is 1. The van der Waals surface area contributed by atoms with Gasteiger partial charge in [-0.1, -0.05) is 31.5 Å².